The van der Waals surface area contributed by atoms with Crippen LogP contribution in [0, 0.1) is 0 Å². The van der Waals surface area contributed by atoms with Crippen LogP contribution in [0.4, 0.5) is 0 Å². The van der Waals surface area contributed by atoms with Crippen LogP contribution in [0.1, 0.15) is 17.2 Å². The molecule has 2 saturated heterocycles. The van der Waals surface area contributed by atoms with Gasteiger partial charge in [0.1, 0.15) is 11.5 Å². The molecule has 31 heavy (non-hydrogen) atoms. The molecule has 1 aromatic heterocycles. The van der Waals surface area contributed by atoms with Crippen molar-refractivity contribution in [1.29, 1.82) is 0 Å². The lowest BCUT2D eigenvalue weighted by Gasteiger charge is -2.31. The third-order valence-electron chi connectivity index (χ3n) is 5.67. The van der Waals surface area contributed by atoms with Gasteiger partial charge in [0.25, 0.3) is 11.7 Å². The number of Topliss-reactive ketones (excluding diaryl/α,β-unsaturated/α-hetero) is 1. The minimum atomic E-state index is -0.691. The molecule has 3 heterocycles. The van der Waals surface area contributed by atoms with Crippen LogP contribution in [0.3, 0.4) is 0 Å². The first-order valence-electron chi connectivity index (χ1n) is 10.2. The van der Waals surface area contributed by atoms with Crippen LogP contribution in [0.5, 0.6) is 5.75 Å². The average Bonchev–Trinajstić information content (AvgIpc) is 3.08. The molecular formula is C23H25N3O5. The van der Waals surface area contributed by atoms with E-state index in [0.29, 0.717) is 37.6 Å². The summed E-state index contributed by atoms with van der Waals surface area (Å²) in [5.41, 5.74) is 1.22. The number of hydrogen-bond donors (Lipinski definition) is 1. The number of benzene rings is 1. The fourth-order valence-corrected chi connectivity index (χ4v) is 4.00. The first-order valence-corrected chi connectivity index (χ1v) is 10.2. The second kappa shape index (κ2) is 9.28. The van der Waals surface area contributed by atoms with E-state index in [-0.39, 0.29) is 11.3 Å². The van der Waals surface area contributed by atoms with Gasteiger partial charge in [-0.3, -0.25) is 19.5 Å². The first kappa shape index (κ1) is 21.0. The van der Waals surface area contributed by atoms with Crippen molar-refractivity contribution in [3.63, 3.8) is 0 Å². The number of aliphatic hydroxyl groups is 1. The monoisotopic (exact) mass is 423 g/mol. The molecule has 0 radical (unpaired) electrons. The number of morpholine rings is 1. The summed E-state index contributed by atoms with van der Waals surface area (Å²) >= 11 is 0. The molecule has 1 N–H and O–H groups in total. The molecule has 8 nitrogen and oxygen atoms in total. The summed E-state index contributed by atoms with van der Waals surface area (Å²) in [7, 11) is 1.53. The van der Waals surface area contributed by atoms with Gasteiger partial charge in [-0.2, -0.15) is 0 Å². The highest BCUT2D eigenvalue weighted by Gasteiger charge is 2.46. The number of ketones is 1. The molecule has 162 valence electrons. The van der Waals surface area contributed by atoms with Crippen LogP contribution >= 0.6 is 0 Å². The molecule has 0 saturated carbocycles. The number of likely N-dealkylation sites (tertiary alicyclic amines) is 1. The van der Waals surface area contributed by atoms with Gasteiger partial charge < -0.3 is 19.5 Å². The van der Waals surface area contributed by atoms with Crippen LogP contribution in [0.2, 0.25) is 0 Å². The number of amides is 1. The van der Waals surface area contributed by atoms with Crippen LogP contribution in [-0.2, 0) is 14.3 Å². The van der Waals surface area contributed by atoms with Crippen LogP contribution in [-0.4, -0.2) is 78.1 Å². The van der Waals surface area contributed by atoms with Crippen molar-refractivity contribution in [3.8, 4) is 5.75 Å². The Morgan fingerprint density at radius 2 is 1.90 bits per heavy atom. The van der Waals surface area contributed by atoms with Crippen LogP contribution in [0.25, 0.3) is 5.76 Å². The number of nitrogens with zero attached hydrogens (tertiary/aromatic N) is 3. The van der Waals surface area contributed by atoms with Crippen molar-refractivity contribution >= 4 is 17.4 Å². The molecule has 1 unspecified atom stereocenters. The summed E-state index contributed by atoms with van der Waals surface area (Å²) in [5.74, 6) is -0.970. The summed E-state index contributed by atoms with van der Waals surface area (Å²) in [6.45, 7) is 3.87. The number of aromatic nitrogens is 1. The van der Waals surface area contributed by atoms with Gasteiger partial charge in [-0.15, -0.1) is 0 Å². The van der Waals surface area contributed by atoms with Crippen molar-refractivity contribution in [3.05, 3.63) is 65.5 Å². The third-order valence-corrected chi connectivity index (χ3v) is 5.67. The number of carbonyl (C=O) groups excluding carboxylic acids is 2. The number of ether oxygens (including phenoxy) is 2. The van der Waals surface area contributed by atoms with Gasteiger partial charge in [-0.1, -0.05) is 12.1 Å². The summed E-state index contributed by atoms with van der Waals surface area (Å²) < 4.78 is 10.6. The Morgan fingerprint density at radius 1 is 1.16 bits per heavy atom. The van der Waals surface area contributed by atoms with Crippen molar-refractivity contribution < 1.29 is 24.2 Å². The summed E-state index contributed by atoms with van der Waals surface area (Å²) in [6.07, 6.45) is 3.23. The molecule has 1 aromatic carbocycles. The zero-order valence-corrected chi connectivity index (χ0v) is 17.4. The third kappa shape index (κ3) is 4.30. The fourth-order valence-electron chi connectivity index (χ4n) is 4.00. The van der Waals surface area contributed by atoms with Crippen molar-refractivity contribution in [2.45, 2.75) is 6.04 Å². The number of carbonyl (C=O) groups is 2. The van der Waals surface area contributed by atoms with Crippen LogP contribution in [0.15, 0.2) is 54.4 Å². The molecule has 2 aliphatic rings. The van der Waals surface area contributed by atoms with Gasteiger partial charge in [0.05, 0.1) is 31.9 Å². The molecule has 4 rings (SSSR count). The van der Waals surface area contributed by atoms with E-state index in [1.807, 2.05) is 0 Å². The Labute approximate surface area is 180 Å². The second-order valence-corrected chi connectivity index (χ2v) is 7.46. The van der Waals surface area contributed by atoms with Gasteiger partial charge in [0, 0.05) is 44.1 Å². The van der Waals surface area contributed by atoms with Gasteiger partial charge in [-0.05, 0) is 29.8 Å². The highest BCUT2D eigenvalue weighted by molar-refractivity contribution is 6.46. The maximum atomic E-state index is 13.0. The van der Waals surface area contributed by atoms with E-state index in [1.165, 1.54) is 7.11 Å². The summed E-state index contributed by atoms with van der Waals surface area (Å²) in [5, 5.41) is 11.1. The van der Waals surface area contributed by atoms with E-state index in [9.17, 15) is 14.7 Å². The van der Waals surface area contributed by atoms with E-state index < -0.39 is 17.7 Å². The SMILES string of the molecule is COc1cccc(C(O)=C2C(=O)C(=O)N(CCN3CCOCC3)C2c2ccncc2)c1. The second-order valence-electron chi connectivity index (χ2n) is 7.46. The number of aliphatic hydroxyl groups excluding tert-OH is 1. The number of pyridine rings is 1. The molecular weight excluding hydrogens is 398 g/mol. The van der Waals surface area contributed by atoms with Gasteiger partial charge >= 0.3 is 0 Å². The van der Waals surface area contributed by atoms with E-state index in [2.05, 4.69) is 9.88 Å². The highest BCUT2D eigenvalue weighted by atomic mass is 16.5. The minimum Gasteiger partial charge on any atom is -0.507 e. The van der Waals surface area contributed by atoms with Gasteiger partial charge in [0.15, 0.2) is 0 Å². The maximum Gasteiger partial charge on any atom is 0.295 e. The molecule has 2 aliphatic heterocycles. The molecule has 2 fully saturated rings. The topological polar surface area (TPSA) is 92.2 Å². The van der Waals surface area contributed by atoms with E-state index in [4.69, 9.17) is 9.47 Å². The van der Waals surface area contributed by atoms with Crippen LogP contribution < -0.4 is 4.74 Å². The first-order chi connectivity index (χ1) is 15.1. The molecule has 1 atom stereocenters. The fraction of sp³-hybridized carbons (Fsp3) is 0.348. The Bertz CT molecular complexity index is 986. The van der Waals surface area contributed by atoms with Crippen molar-refractivity contribution in [1.82, 2.24) is 14.8 Å². The Hall–Kier alpha value is -3.23. The summed E-state index contributed by atoms with van der Waals surface area (Å²) in [6, 6.07) is 9.63. The largest absolute Gasteiger partial charge is 0.507 e. The lowest BCUT2D eigenvalue weighted by molar-refractivity contribution is -0.140. The lowest BCUT2D eigenvalue weighted by atomic mass is 9.96. The zero-order valence-electron chi connectivity index (χ0n) is 17.4. The molecule has 8 heteroatoms. The predicted octanol–water partition coefficient (Wildman–Crippen LogP) is 1.84. The molecule has 1 amide bonds. The number of rotatable bonds is 6. The normalized spacial score (nSPS) is 21.5. The smallest absolute Gasteiger partial charge is 0.295 e. The van der Waals surface area contributed by atoms with Gasteiger partial charge in [-0.25, -0.2) is 0 Å². The van der Waals surface area contributed by atoms with Crippen molar-refractivity contribution in [2.24, 2.45) is 0 Å². The predicted molar refractivity (Wildman–Crippen MR) is 113 cm³/mol. The molecule has 0 spiro atoms. The number of methoxy groups -OCH3 is 1. The maximum absolute atomic E-state index is 13.0. The Morgan fingerprint density at radius 3 is 2.61 bits per heavy atom. The van der Waals surface area contributed by atoms with E-state index in [1.54, 1.807) is 53.7 Å². The highest BCUT2D eigenvalue weighted by Crippen LogP contribution is 2.39. The average molecular weight is 423 g/mol. The molecule has 2 aromatic rings. The molecule has 0 bridgehead atoms. The Balaban J connectivity index is 1.72. The van der Waals surface area contributed by atoms with Gasteiger partial charge in [0.2, 0.25) is 0 Å². The van der Waals surface area contributed by atoms with E-state index in [0.717, 1.165) is 18.7 Å². The Kier molecular flexibility index (Phi) is 6.29. The minimum absolute atomic E-state index is 0.0754. The zero-order chi connectivity index (χ0) is 21.8. The standard InChI is InChI=1S/C23H25N3O5/c1-30-18-4-2-3-17(15-18)21(27)19-20(16-5-7-24-8-6-16)26(23(29)22(19)28)10-9-25-11-13-31-14-12-25/h2-8,15,20,27H,9-14H2,1H3. The number of hydrogen-bond acceptors (Lipinski definition) is 7. The van der Waals surface area contributed by atoms with Crippen molar-refractivity contribution in [2.75, 3.05) is 46.5 Å². The quantitative estimate of drug-likeness (QED) is 0.431. The lowest BCUT2D eigenvalue weighted by Crippen LogP contribution is -2.42. The summed E-state index contributed by atoms with van der Waals surface area (Å²) in [4.78, 5) is 33.8. The van der Waals surface area contributed by atoms with E-state index >= 15 is 0 Å². The molecule has 0 aliphatic carbocycles.